The second-order valence-electron chi connectivity index (χ2n) is 3.40. The van der Waals surface area contributed by atoms with Crippen LogP contribution < -0.4 is 5.32 Å². The Kier molecular flexibility index (Phi) is 1.96. The van der Waals surface area contributed by atoms with Crippen molar-refractivity contribution in [3.05, 3.63) is 35.9 Å². The summed E-state index contributed by atoms with van der Waals surface area (Å²) in [6.07, 6.45) is 0. The van der Waals surface area contributed by atoms with Crippen molar-refractivity contribution < 1.29 is 4.74 Å². The summed E-state index contributed by atoms with van der Waals surface area (Å²) in [6.45, 7) is 2.69. The van der Waals surface area contributed by atoms with Crippen molar-refractivity contribution in [1.29, 1.82) is 0 Å². The minimum absolute atomic E-state index is 0.154. The molecule has 0 spiro atoms. The highest BCUT2D eigenvalue weighted by Crippen LogP contribution is 2.24. The summed E-state index contributed by atoms with van der Waals surface area (Å²) < 4.78 is 5.24. The summed E-state index contributed by atoms with van der Waals surface area (Å²) >= 11 is 4.93. The largest absolute Gasteiger partial charge is 0.468 e. The van der Waals surface area contributed by atoms with Gasteiger partial charge in [0.25, 0.3) is 5.17 Å². The van der Waals surface area contributed by atoms with Gasteiger partial charge in [-0.25, -0.2) is 0 Å². The molecule has 1 aromatic carbocycles. The van der Waals surface area contributed by atoms with Gasteiger partial charge in [0.05, 0.1) is 5.54 Å². The van der Waals surface area contributed by atoms with Crippen LogP contribution in [0.5, 0.6) is 0 Å². The quantitative estimate of drug-likeness (QED) is 0.687. The summed E-state index contributed by atoms with van der Waals surface area (Å²) in [5, 5.41) is 3.65. The topological polar surface area (TPSA) is 21.3 Å². The number of hydrogen-bond donors (Lipinski definition) is 1. The normalized spacial score (nSPS) is 26.7. The standard InChI is InChI=1S/C10H11NOS/c1-10(7-12-9(13)11-10)8-5-3-2-4-6-8/h2-6H,7H2,1H3,(H,11,13)/t10-/m1/s1. The van der Waals surface area contributed by atoms with Gasteiger partial charge in [0.15, 0.2) is 0 Å². The van der Waals surface area contributed by atoms with Gasteiger partial charge in [-0.3, -0.25) is 0 Å². The molecule has 1 N–H and O–H groups in total. The van der Waals surface area contributed by atoms with Crippen LogP contribution >= 0.6 is 12.2 Å². The Bertz CT molecular complexity index is 325. The molecule has 3 heteroatoms. The lowest BCUT2D eigenvalue weighted by Crippen LogP contribution is -2.36. The van der Waals surface area contributed by atoms with Crippen molar-refractivity contribution in [2.75, 3.05) is 6.61 Å². The van der Waals surface area contributed by atoms with Gasteiger partial charge in [0, 0.05) is 0 Å². The van der Waals surface area contributed by atoms with Crippen LogP contribution in [0.4, 0.5) is 0 Å². The number of ether oxygens (including phenoxy) is 1. The molecular weight excluding hydrogens is 182 g/mol. The zero-order valence-corrected chi connectivity index (χ0v) is 8.23. The number of thiocarbonyl (C=S) groups is 1. The minimum atomic E-state index is -0.154. The third kappa shape index (κ3) is 1.52. The Balaban J connectivity index is 2.31. The fraction of sp³-hybridized carbons (Fsp3) is 0.300. The molecule has 2 rings (SSSR count). The predicted molar refractivity (Wildman–Crippen MR) is 55.5 cm³/mol. The molecule has 0 radical (unpaired) electrons. The van der Waals surface area contributed by atoms with E-state index in [4.69, 9.17) is 17.0 Å². The Morgan fingerprint density at radius 1 is 1.38 bits per heavy atom. The third-order valence-electron chi connectivity index (χ3n) is 2.28. The van der Waals surface area contributed by atoms with Crippen LogP contribution in [-0.2, 0) is 10.3 Å². The maximum atomic E-state index is 5.24. The second-order valence-corrected chi connectivity index (χ2v) is 3.77. The van der Waals surface area contributed by atoms with Crippen LogP contribution in [0.3, 0.4) is 0 Å². The van der Waals surface area contributed by atoms with E-state index >= 15 is 0 Å². The van der Waals surface area contributed by atoms with Crippen molar-refractivity contribution in [2.45, 2.75) is 12.5 Å². The van der Waals surface area contributed by atoms with Crippen molar-refractivity contribution in [3.8, 4) is 0 Å². The van der Waals surface area contributed by atoms with Gasteiger partial charge in [0.2, 0.25) is 0 Å². The molecule has 1 atom stereocenters. The Morgan fingerprint density at radius 2 is 2.08 bits per heavy atom. The van der Waals surface area contributed by atoms with E-state index < -0.39 is 0 Å². The predicted octanol–water partition coefficient (Wildman–Crippen LogP) is 1.81. The first-order chi connectivity index (χ1) is 6.21. The van der Waals surface area contributed by atoms with E-state index in [1.54, 1.807) is 0 Å². The molecular formula is C10H11NOS. The lowest BCUT2D eigenvalue weighted by atomic mass is 9.94. The fourth-order valence-electron chi connectivity index (χ4n) is 1.47. The van der Waals surface area contributed by atoms with Gasteiger partial charge < -0.3 is 10.1 Å². The maximum Gasteiger partial charge on any atom is 0.257 e. The van der Waals surface area contributed by atoms with Crippen LogP contribution in [0, 0.1) is 0 Å². The number of hydrogen-bond acceptors (Lipinski definition) is 2. The van der Waals surface area contributed by atoms with Gasteiger partial charge in [-0.1, -0.05) is 30.3 Å². The van der Waals surface area contributed by atoms with Crippen molar-refractivity contribution >= 4 is 17.4 Å². The smallest absolute Gasteiger partial charge is 0.257 e. The Morgan fingerprint density at radius 3 is 2.62 bits per heavy atom. The number of nitrogens with one attached hydrogen (secondary N) is 1. The molecule has 1 fully saturated rings. The van der Waals surface area contributed by atoms with Crippen LogP contribution in [0.25, 0.3) is 0 Å². The van der Waals surface area contributed by atoms with Crippen molar-refractivity contribution in [2.24, 2.45) is 0 Å². The third-order valence-corrected chi connectivity index (χ3v) is 2.50. The fourth-order valence-corrected chi connectivity index (χ4v) is 1.75. The molecule has 68 valence electrons. The van der Waals surface area contributed by atoms with E-state index in [1.165, 1.54) is 5.56 Å². The zero-order valence-electron chi connectivity index (χ0n) is 7.41. The van der Waals surface area contributed by atoms with Crippen LogP contribution in [-0.4, -0.2) is 11.8 Å². The molecule has 1 aliphatic rings. The van der Waals surface area contributed by atoms with E-state index in [0.717, 1.165) is 0 Å². The summed E-state index contributed by atoms with van der Waals surface area (Å²) in [5.41, 5.74) is 1.05. The first-order valence-corrected chi connectivity index (χ1v) is 4.62. The highest BCUT2D eigenvalue weighted by molar-refractivity contribution is 7.80. The van der Waals surface area contributed by atoms with Crippen molar-refractivity contribution in [3.63, 3.8) is 0 Å². The molecule has 0 unspecified atom stereocenters. The molecule has 0 bridgehead atoms. The van der Waals surface area contributed by atoms with Gasteiger partial charge in [-0.15, -0.1) is 0 Å². The maximum absolute atomic E-state index is 5.24. The summed E-state index contributed by atoms with van der Waals surface area (Å²) in [6, 6.07) is 10.2. The first kappa shape index (κ1) is 8.51. The van der Waals surface area contributed by atoms with Gasteiger partial charge in [-0.2, -0.15) is 0 Å². The highest BCUT2D eigenvalue weighted by Gasteiger charge is 2.34. The van der Waals surface area contributed by atoms with E-state index in [2.05, 4.69) is 24.4 Å². The Labute approximate surface area is 82.9 Å². The minimum Gasteiger partial charge on any atom is -0.468 e. The molecule has 0 aliphatic carbocycles. The molecule has 1 saturated heterocycles. The first-order valence-electron chi connectivity index (χ1n) is 4.21. The molecule has 2 nitrogen and oxygen atoms in total. The lowest BCUT2D eigenvalue weighted by molar-refractivity contribution is 0.281. The van der Waals surface area contributed by atoms with Gasteiger partial charge in [0.1, 0.15) is 6.61 Å². The number of benzene rings is 1. The molecule has 1 heterocycles. The molecule has 1 aromatic rings. The summed E-state index contributed by atoms with van der Waals surface area (Å²) in [7, 11) is 0. The van der Waals surface area contributed by atoms with E-state index in [1.807, 2.05) is 18.2 Å². The molecule has 1 aliphatic heterocycles. The summed E-state index contributed by atoms with van der Waals surface area (Å²) in [5.74, 6) is 0. The van der Waals surface area contributed by atoms with Crippen LogP contribution in [0.15, 0.2) is 30.3 Å². The summed E-state index contributed by atoms with van der Waals surface area (Å²) in [4.78, 5) is 0. The van der Waals surface area contributed by atoms with Crippen molar-refractivity contribution in [1.82, 2.24) is 5.32 Å². The SMILES string of the molecule is C[C@]1(c2ccccc2)COC(=S)N1. The second kappa shape index (κ2) is 3.00. The van der Waals surface area contributed by atoms with Crippen LogP contribution in [0.1, 0.15) is 12.5 Å². The average Bonchev–Trinajstić information content (AvgIpc) is 2.49. The average molecular weight is 193 g/mol. The highest BCUT2D eigenvalue weighted by atomic mass is 32.1. The number of rotatable bonds is 1. The monoisotopic (exact) mass is 193 g/mol. The van der Waals surface area contributed by atoms with E-state index in [-0.39, 0.29) is 5.54 Å². The van der Waals surface area contributed by atoms with Gasteiger partial charge >= 0.3 is 0 Å². The molecule has 13 heavy (non-hydrogen) atoms. The van der Waals surface area contributed by atoms with E-state index in [9.17, 15) is 0 Å². The molecule has 0 amide bonds. The molecule has 0 saturated carbocycles. The van der Waals surface area contributed by atoms with E-state index in [0.29, 0.717) is 11.8 Å². The molecule has 0 aromatic heterocycles. The van der Waals surface area contributed by atoms with Crippen LogP contribution in [0.2, 0.25) is 0 Å². The lowest BCUT2D eigenvalue weighted by Gasteiger charge is -2.21. The van der Waals surface area contributed by atoms with Gasteiger partial charge in [-0.05, 0) is 24.7 Å². The Hall–Kier alpha value is -1.09. The zero-order chi connectivity index (χ0) is 9.31.